The smallest absolute Gasteiger partial charge is 0.293 e. The first-order valence-electron chi connectivity index (χ1n) is 9.53. The molecule has 5 rings (SSSR count). The fourth-order valence-corrected chi connectivity index (χ4v) is 3.37. The van der Waals surface area contributed by atoms with Crippen LogP contribution in [-0.4, -0.2) is 41.5 Å². The van der Waals surface area contributed by atoms with Gasteiger partial charge in [0.2, 0.25) is 5.95 Å². The second-order valence-electron chi connectivity index (χ2n) is 6.93. The van der Waals surface area contributed by atoms with Crippen molar-refractivity contribution in [1.82, 2.24) is 34.3 Å². The molecule has 1 aromatic carbocycles. The Kier molecular flexibility index (Phi) is 4.60. The zero-order valence-corrected chi connectivity index (χ0v) is 16.9. The number of para-hydroxylation sites is 1. The summed E-state index contributed by atoms with van der Waals surface area (Å²) >= 11 is 0. The molecule has 0 saturated carbocycles. The molecule has 0 radical (unpaired) electrons. The van der Waals surface area contributed by atoms with E-state index in [1.165, 1.54) is 6.20 Å². The average Bonchev–Trinajstić information content (AvgIpc) is 3.34. The standard InChI is InChI=1S/C21H18N8O2/c1-28-11-14(10-23-28)18-26-19-15-7-5-6-13(12-31-2)17(15)25-21(29(19)27-18)24-16-8-3-4-9-22-20(16)30/h3-11H,12H2,1-2H3,(H,22,24,25,30). The van der Waals surface area contributed by atoms with E-state index in [0.717, 1.165) is 16.5 Å². The number of benzene rings is 1. The van der Waals surface area contributed by atoms with Gasteiger partial charge in [-0.2, -0.15) is 9.61 Å². The molecule has 0 bridgehead atoms. The summed E-state index contributed by atoms with van der Waals surface area (Å²) in [7, 11) is 3.46. The summed E-state index contributed by atoms with van der Waals surface area (Å²) in [5, 5.41) is 12.7. The van der Waals surface area contributed by atoms with E-state index in [2.05, 4.69) is 20.5 Å². The van der Waals surface area contributed by atoms with E-state index in [1.807, 2.05) is 31.4 Å². The van der Waals surface area contributed by atoms with Crippen LogP contribution in [-0.2, 0) is 18.4 Å². The zero-order valence-electron chi connectivity index (χ0n) is 16.9. The van der Waals surface area contributed by atoms with Gasteiger partial charge in [-0.3, -0.25) is 9.48 Å². The fraction of sp³-hybridized carbons (Fsp3) is 0.143. The average molecular weight is 414 g/mol. The highest BCUT2D eigenvalue weighted by molar-refractivity contribution is 5.95. The zero-order chi connectivity index (χ0) is 21.4. The number of ether oxygens (including phenoxy) is 1. The first-order chi connectivity index (χ1) is 15.1. The highest BCUT2D eigenvalue weighted by atomic mass is 16.5. The van der Waals surface area contributed by atoms with Crippen LogP contribution in [0.2, 0.25) is 0 Å². The number of hydrogen-bond acceptors (Lipinski definition) is 8. The quantitative estimate of drug-likeness (QED) is 0.466. The highest BCUT2D eigenvalue weighted by Gasteiger charge is 2.17. The Labute approximate surface area is 176 Å². The van der Waals surface area contributed by atoms with Crippen LogP contribution in [0.5, 0.6) is 0 Å². The fourth-order valence-electron chi connectivity index (χ4n) is 3.37. The number of anilines is 2. The molecule has 4 heterocycles. The summed E-state index contributed by atoms with van der Waals surface area (Å²) in [6.45, 7) is 0.387. The van der Waals surface area contributed by atoms with Crippen LogP contribution in [0.4, 0.5) is 11.6 Å². The molecule has 0 unspecified atom stereocenters. The van der Waals surface area contributed by atoms with Crippen LogP contribution in [0, 0.1) is 0 Å². The van der Waals surface area contributed by atoms with Crippen molar-refractivity contribution in [2.45, 2.75) is 6.61 Å². The molecule has 0 saturated heterocycles. The number of nitrogens with zero attached hydrogens (tertiary/aromatic N) is 7. The number of methoxy groups -OCH3 is 1. The minimum absolute atomic E-state index is 0.279. The number of rotatable bonds is 5. The van der Waals surface area contributed by atoms with E-state index in [-0.39, 0.29) is 5.69 Å². The lowest BCUT2D eigenvalue weighted by molar-refractivity contribution is 0.186. The van der Waals surface area contributed by atoms with Crippen LogP contribution in [0.3, 0.4) is 0 Å². The summed E-state index contributed by atoms with van der Waals surface area (Å²) in [6, 6.07) is 10.9. The van der Waals surface area contributed by atoms with E-state index >= 15 is 0 Å². The Morgan fingerprint density at radius 1 is 1.13 bits per heavy atom. The maximum absolute atomic E-state index is 12.3. The Hall–Kier alpha value is -4.18. The van der Waals surface area contributed by atoms with Crippen LogP contribution < -0.4 is 10.9 Å². The molecular formula is C21H18N8O2. The van der Waals surface area contributed by atoms with E-state index in [4.69, 9.17) is 14.7 Å². The predicted octanol–water partition coefficient (Wildman–Crippen LogP) is 2.32. The summed E-state index contributed by atoms with van der Waals surface area (Å²) in [4.78, 5) is 25.7. The van der Waals surface area contributed by atoms with E-state index < -0.39 is 5.56 Å². The summed E-state index contributed by atoms with van der Waals surface area (Å²) in [5.74, 6) is 0.848. The van der Waals surface area contributed by atoms with Crippen molar-refractivity contribution in [1.29, 1.82) is 0 Å². The van der Waals surface area contributed by atoms with Crippen molar-refractivity contribution in [2.24, 2.45) is 7.05 Å². The van der Waals surface area contributed by atoms with E-state index in [9.17, 15) is 4.79 Å². The third-order valence-corrected chi connectivity index (χ3v) is 4.78. The van der Waals surface area contributed by atoms with Gasteiger partial charge >= 0.3 is 0 Å². The molecule has 0 aliphatic carbocycles. The Balaban J connectivity index is 1.79. The maximum Gasteiger partial charge on any atom is 0.293 e. The van der Waals surface area contributed by atoms with Gasteiger partial charge in [-0.25, -0.2) is 15.0 Å². The predicted molar refractivity (Wildman–Crippen MR) is 115 cm³/mol. The molecular weight excluding hydrogens is 396 g/mol. The van der Waals surface area contributed by atoms with Crippen LogP contribution in [0.1, 0.15) is 5.56 Å². The first kappa shape index (κ1) is 18.8. The largest absolute Gasteiger partial charge is 0.380 e. The Morgan fingerprint density at radius 3 is 2.84 bits per heavy atom. The molecule has 31 heavy (non-hydrogen) atoms. The monoisotopic (exact) mass is 414 g/mol. The van der Waals surface area contributed by atoms with Crippen LogP contribution in [0.15, 0.2) is 59.8 Å². The number of aryl methyl sites for hydroxylation is 1. The highest BCUT2D eigenvalue weighted by Crippen LogP contribution is 2.27. The van der Waals surface area contributed by atoms with E-state index in [0.29, 0.717) is 29.5 Å². The third kappa shape index (κ3) is 3.38. The van der Waals surface area contributed by atoms with Gasteiger partial charge in [0.25, 0.3) is 5.56 Å². The second-order valence-corrected chi connectivity index (χ2v) is 6.93. The van der Waals surface area contributed by atoms with Crippen molar-refractivity contribution < 1.29 is 4.74 Å². The first-order valence-corrected chi connectivity index (χ1v) is 9.53. The van der Waals surface area contributed by atoms with Crippen molar-refractivity contribution in [3.8, 4) is 11.4 Å². The molecule has 0 spiro atoms. The van der Waals surface area contributed by atoms with Crippen LogP contribution in [0.25, 0.3) is 27.9 Å². The van der Waals surface area contributed by atoms with Gasteiger partial charge in [-0.05, 0) is 18.2 Å². The van der Waals surface area contributed by atoms with Gasteiger partial charge in [0.05, 0.1) is 23.9 Å². The van der Waals surface area contributed by atoms with Gasteiger partial charge < -0.3 is 10.1 Å². The van der Waals surface area contributed by atoms with Gasteiger partial charge in [0.15, 0.2) is 11.5 Å². The van der Waals surface area contributed by atoms with Gasteiger partial charge in [0.1, 0.15) is 5.69 Å². The normalized spacial score (nSPS) is 11.3. The number of nitrogens with one attached hydrogen (secondary N) is 1. The van der Waals surface area contributed by atoms with E-state index in [1.54, 1.807) is 40.7 Å². The van der Waals surface area contributed by atoms with Crippen LogP contribution >= 0.6 is 0 Å². The molecule has 5 aromatic rings. The molecule has 154 valence electrons. The van der Waals surface area contributed by atoms with Gasteiger partial charge in [-0.15, -0.1) is 5.10 Å². The molecule has 0 fully saturated rings. The van der Waals surface area contributed by atoms with Crippen molar-refractivity contribution in [2.75, 3.05) is 12.4 Å². The molecule has 0 amide bonds. The molecule has 1 N–H and O–H groups in total. The molecule has 0 aliphatic heterocycles. The van der Waals surface area contributed by atoms with Crippen molar-refractivity contribution in [3.63, 3.8) is 0 Å². The SMILES string of the molecule is COCc1cccc2c1nc(Nc1ccccnc1=O)n1nc(-c3cnn(C)c3)nc21. The lowest BCUT2D eigenvalue weighted by Crippen LogP contribution is -2.12. The minimum Gasteiger partial charge on any atom is -0.380 e. The van der Waals surface area contributed by atoms with Gasteiger partial charge in [0, 0.05) is 37.5 Å². The minimum atomic E-state index is -0.405. The van der Waals surface area contributed by atoms with Gasteiger partial charge in [-0.1, -0.05) is 18.2 Å². The van der Waals surface area contributed by atoms with Crippen molar-refractivity contribution in [3.05, 3.63) is 70.9 Å². The molecule has 0 atom stereocenters. The summed E-state index contributed by atoms with van der Waals surface area (Å²) in [5.41, 5.74) is 2.86. The third-order valence-electron chi connectivity index (χ3n) is 4.78. The lowest BCUT2D eigenvalue weighted by Gasteiger charge is -2.10. The topological polar surface area (TPSA) is 112 Å². The molecule has 0 aliphatic rings. The lowest BCUT2D eigenvalue weighted by atomic mass is 10.1. The summed E-state index contributed by atoms with van der Waals surface area (Å²) in [6.07, 6.45) is 4.99. The molecule has 4 aromatic heterocycles. The second kappa shape index (κ2) is 7.58. The number of hydrogen-bond donors (Lipinski definition) is 1. The Morgan fingerprint density at radius 2 is 2.03 bits per heavy atom. The molecule has 10 nitrogen and oxygen atoms in total. The Bertz CT molecular complexity index is 1470. The number of fused-ring (bicyclic) bond motifs is 3. The van der Waals surface area contributed by atoms with Crippen molar-refractivity contribution >= 4 is 28.2 Å². The number of aromatic nitrogens is 7. The maximum atomic E-state index is 12.3. The molecule has 10 heteroatoms. The summed E-state index contributed by atoms with van der Waals surface area (Å²) < 4.78 is 8.62.